The molecule has 0 saturated carbocycles. The maximum absolute atomic E-state index is 9.24. The Hall–Kier alpha value is -0.870. The minimum Gasteiger partial charge on any atom is -0.394 e. The average molecular weight is 197 g/mol. The lowest BCUT2D eigenvalue weighted by Crippen LogP contribution is -2.25. The number of rotatable bonds is 5. The minimum atomic E-state index is 0.0173. The molecule has 0 aliphatic rings. The fourth-order valence-corrected chi connectivity index (χ4v) is 1.55. The minimum absolute atomic E-state index is 0.0173. The van der Waals surface area contributed by atoms with Gasteiger partial charge in [0.1, 0.15) is 0 Å². The number of nitrogens with zero attached hydrogens (tertiary/aromatic N) is 2. The van der Waals surface area contributed by atoms with Crippen LogP contribution in [-0.2, 0) is 7.05 Å². The quantitative estimate of drug-likeness (QED) is 0.732. The van der Waals surface area contributed by atoms with Crippen LogP contribution in [0.15, 0.2) is 6.20 Å². The van der Waals surface area contributed by atoms with E-state index in [2.05, 4.69) is 17.3 Å². The number of aliphatic hydroxyl groups excluding tert-OH is 1. The Bertz CT molecular complexity index is 283. The van der Waals surface area contributed by atoms with E-state index in [0.29, 0.717) is 0 Å². The van der Waals surface area contributed by atoms with E-state index < -0.39 is 0 Å². The molecule has 14 heavy (non-hydrogen) atoms. The van der Waals surface area contributed by atoms with Crippen molar-refractivity contribution in [2.24, 2.45) is 7.05 Å². The Morgan fingerprint density at radius 2 is 2.36 bits per heavy atom. The van der Waals surface area contributed by atoms with Gasteiger partial charge in [-0.3, -0.25) is 4.68 Å². The fourth-order valence-electron chi connectivity index (χ4n) is 1.55. The summed E-state index contributed by atoms with van der Waals surface area (Å²) in [4.78, 5) is 0. The van der Waals surface area contributed by atoms with Crippen LogP contribution in [0.1, 0.15) is 30.6 Å². The Morgan fingerprint density at radius 1 is 1.64 bits per heavy atom. The molecule has 0 radical (unpaired) electrons. The van der Waals surface area contributed by atoms with Crippen molar-refractivity contribution >= 4 is 0 Å². The molecule has 0 aromatic carbocycles. The number of aryl methyl sites for hydroxylation is 2. The van der Waals surface area contributed by atoms with E-state index in [1.807, 2.05) is 20.2 Å². The normalized spacial score (nSPS) is 13.1. The first-order valence-electron chi connectivity index (χ1n) is 5.03. The molecule has 0 bridgehead atoms. The summed E-state index contributed by atoms with van der Waals surface area (Å²) in [5.41, 5.74) is 2.07. The Balaban J connectivity index is 2.72. The van der Waals surface area contributed by atoms with E-state index >= 15 is 0 Å². The topological polar surface area (TPSA) is 50.1 Å². The standard InChI is InChI=1S/C10H19N3O/c1-4-5-11-10(7-14)9-6-13(3)12-8(9)2/h6,10-11,14H,4-5,7H2,1-3H3. The number of hydrogen-bond acceptors (Lipinski definition) is 3. The second-order valence-electron chi connectivity index (χ2n) is 3.53. The summed E-state index contributed by atoms with van der Waals surface area (Å²) in [6, 6.07) is 0.0173. The van der Waals surface area contributed by atoms with Gasteiger partial charge in [0.15, 0.2) is 0 Å². The zero-order valence-corrected chi connectivity index (χ0v) is 9.12. The first-order valence-corrected chi connectivity index (χ1v) is 5.03. The molecule has 1 unspecified atom stereocenters. The summed E-state index contributed by atoms with van der Waals surface area (Å²) in [6.07, 6.45) is 3.02. The Morgan fingerprint density at radius 3 is 2.79 bits per heavy atom. The van der Waals surface area contributed by atoms with Gasteiger partial charge >= 0.3 is 0 Å². The molecular weight excluding hydrogens is 178 g/mol. The van der Waals surface area contributed by atoms with Gasteiger partial charge in [-0.05, 0) is 19.9 Å². The molecule has 0 aliphatic carbocycles. The van der Waals surface area contributed by atoms with Gasteiger partial charge in [-0.15, -0.1) is 0 Å². The van der Waals surface area contributed by atoms with Crippen LogP contribution in [0.3, 0.4) is 0 Å². The van der Waals surface area contributed by atoms with Gasteiger partial charge in [0.2, 0.25) is 0 Å². The van der Waals surface area contributed by atoms with Crippen molar-refractivity contribution in [2.45, 2.75) is 26.3 Å². The van der Waals surface area contributed by atoms with Crippen molar-refractivity contribution in [1.29, 1.82) is 0 Å². The van der Waals surface area contributed by atoms with Crippen LogP contribution in [0.5, 0.6) is 0 Å². The van der Waals surface area contributed by atoms with Crippen molar-refractivity contribution in [3.05, 3.63) is 17.5 Å². The number of hydrogen-bond donors (Lipinski definition) is 2. The SMILES string of the molecule is CCCNC(CO)c1cn(C)nc1C. The lowest BCUT2D eigenvalue weighted by molar-refractivity contribution is 0.244. The molecule has 4 heteroatoms. The highest BCUT2D eigenvalue weighted by Crippen LogP contribution is 2.15. The van der Waals surface area contributed by atoms with Crippen LogP contribution in [-0.4, -0.2) is 28.0 Å². The van der Waals surface area contributed by atoms with E-state index in [1.54, 1.807) is 4.68 Å². The predicted molar refractivity (Wildman–Crippen MR) is 56.1 cm³/mol. The molecule has 0 amide bonds. The lowest BCUT2D eigenvalue weighted by Gasteiger charge is -2.14. The maximum Gasteiger partial charge on any atom is 0.0642 e. The van der Waals surface area contributed by atoms with Gasteiger partial charge in [-0.2, -0.15) is 5.10 Å². The summed E-state index contributed by atoms with van der Waals surface area (Å²) in [6.45, 7) is 5.11. The zero-order chi connectivity index (χ0) is 10.6. The zero-order valence-electron chi connectivity index (χ0n) is 9.12. The number of aliphatic hydroxyl groups is 1. The summed E-state index contributed by atoms with van der Waals surface area (Å²) >= 11 is 0. The van der Waals surface area contributed by atoms with Crippen molar-refractivity contribution < 1.29 is 5.11 Å². The fraction of sp³-hybridized carbons (Fsp3) is 0.700. The van der Waals surface area contributed by atoms with E-state index in [0.717, 1.165) is 24.2 Å². The van der Waals surface area contributed by atoms with Gasteiger partial charge in [-0.25, -0.2) is 0 Å². The second-order valence-corrected chi connectivity index (χ2v) is 3.53. The first-order chi connectivity index (χ1) is 6.69. The highest BCUT2D eigenvalue weighted by Gasteiger charge is 2.14. The molecule has 1 aromatic heterocycles. The molecule has 4 nitrogen and oxygen atoms in total. The third-order valence-corrected chi connectivity index (χ3v) is 2.25. The molecule has 0 saturated heterocycles. The van der Waals surface area contributed by atoms with E-state index in [1.165, 1.54) is 0 Å². The van der Waals surface area contributed by atoms with Crippen LogP contribution >= 0.6 is 0 Å². The van der Waals surface area contributed by atoms with Gasteiger partial charge in [0, 0.05) is 18.8 Å². The maximum atomic E-state index is 9.24. The monoisotopic (exact) mass is 197 g/mol. The summed E-state index contributed by atoms with van der Waals surface area (Å²) in [5, 5.41) is 16.8. The molecule has 2 N–H and O–H groups in total. The summed E-state index contributed by atoms with van der Waals surface area (Å²) in [7, 11) is 1.89. The molecule has 0 spiro atoms. The van der Waals surface area contributed by atoms with Crippen LogP contribution in [0.4, 0.5) is 0 Å². The molecule has 1 heterocycles. The van der Waals surface area contributed by atoms with Crippen LogP contribution in [0.2, 0.25) is 0 Å². The highest BCUT2D eigenvalue weighted by molar-refractivity contribution is 5.20. The van der Waals surface area contributed by atoms with Crippen molar-refractivity contribution in [1.82, 2.24) is 15.1 Å². The van der Waals surface area contributed by atoms with Gasteiger partial charge in [0.25, 0.3) is 0 Å². The van der Waals surface area contributed by atoms with E-state index in [4.69, 9.17) is 0 Å². The third-order valence-electron chi connectivity index (χ3n) is 2.25. The second kappa shape index (κ2) is 5.12. The summed E-state index contributed by atoms with van der Waals surface area (Å²) in [5.74, 6) is 0. The molecule has 1 atom stereocenters. The molecule has 1 rings (SSSR count). The molecule has 0 aliphatic heterocycles. The van der Waals surface area contributed by atoms with Crippen molar-refractivity contribution in [2.75, 3.05) is 13.2 Å². The van der Waals surface area contributed by atoms with Gasteiger partial charge in [-0.1, -0.05) is 6.92 Å². The molecule has 0 fully saturated rings. The summed E-state index contributed by atoms with van der Waals surface area (Å²) < 4.78 is 1.78. The van der Waals surface area contributed by atoms with E-state index in [-0.39, 0.29) is 12.6 Å². The molecular formula is C10H19N3O. The average Bonchev–Trinajstić information content (AvgIpc) is 2.47. The largest absolute Gasteiger partial charge is 0.394 e. The Labute approximate surface area is 84.9 Å². The third kappa shape index (κ3) is 2.56. The predicted octanol–water partition coefficient (Wildman–Crippen LogP) is 0.762. The lowest BCUT2D eigenvalue weighted by atomic mass is 10.1. The highest BCUT2D eigenvalue weighted by atomic mass is 16.3. The van der Waals surface area contributed by atoms with Gasteiger partial charge in [0.05, 0.1) is 18.3 Å². The number of nitrogens with one attached hydrogen (secondary N) is 1. The molecule has 80 valence electrons. The van der Waals surface area contributed by atoms with Crippen molar-refractivity contribution in [3.63, 3.8) is 0 Å². The van der Waals surface area contributed by atoms with E-state index in [9.17, 15) is 5.11 Å². The van der Waals surface area contributed by atoms with Crippen LogP contribution < -0.4 is 5.32 Å². The van der Waals surface area contributed by atoms with Crippen LogP contribution in [0, 0.1) is 6.92 Å². The van der Waals surface area contributed by atoms with Crippen molar-refractivity contribution in [3.8, 4) is 0 Å². The van der Waals surface area contributed by atoms with Gasteiger partial charge < -0.3 is 10.4 Å². The Kier molecular flexibility index (Phi) is 4.10. The van der Waals surface area contributed by atoms with Crippen LogP contribution in [0.25, 0.3) is 0 Å². The molecule has 1 aromatic rings. The smallest absolute Gasteiger partial charge is 0.0642 e. The first kappa shape index (κ1) is 11.2. The number of aromatic nitrogens is 2.